The summed E-state index contributed by atoms with van der Waals surface area (Å²) in [5.41, 5.74) is 1.37. The van der Waals surface area contributed by atoms with Gasteiger partial charge in [0, 0.05) is 30.3 Å². The lowest BCUT2D eigenvalue weighted by atomic mass is 10.1. The molecular weight excluding hydrogens is 474 g/mol. The zero-order valence-electron chi connectivity index (χ0n) is 17.8. The van der Waals surface area contributed by atoms with Crippen LogP contribution in [0.5, 0.6) is 11.5 Å². The van der Waals surface area contributed by atoms with Crippen molar-refractivity contribution in [2.75, 3.05) is 27.8 Å². The Morgan fingerprint density at radius 1 is 1.12 bits per heavy atom. The van der Waals surface area contributed by atoms with Crippen LogP contribution in [-0.2, 0) is 21.2 Å². The number of sulfonamides is 1. The number of halogens is 1. The molecule has 0 atom stereocenters. The molecule has 0 fully saturated rings. The summed E-state index contributed by atoms with van der Waals surface area (Å²) in [6.45, 7) is 0.296. The third-order valence-electron chi connectivity index (χ3n) is 4.29. The fourth-order valence-electron chi connectivity index (χ4n) is 2.70. The Hall–Kier alpha value is -2.82. The summed E-state index contributed by atoms with van der Waals surface area (Å²) >= 11 is 10.9. The van der Waals surface area contributed by atoms with E-state index < -0.39 is 10.0 Å². The number of ether oxygens (including phenoxy) is 2. The summed E-state index contributed by atoms with van der Waals surface area (Å²) in [5.74, 6) is 0.466. The summed E-state index contributed by atoms with van der Waals surface area (Å²) in [4.78, 5) is 12.1. The minimum atomic E-state index is -3.93. The van der Waals surface area contributed by atoms with Crippen molar-refractivity contribution in [3.05, 3.63) is 58.6 Å². The second kappa shape index (κ2) is 11.7. The highest BCUT2D eigenvalue weighted by atomic mass is 35.5. The van der Waals surface area contributed by atoms with Crippen molar-refractivity contribution in [2.24, 2.45) is 0 Å². The summed E-state index contributed by atoms with van der Waals surface area (Å²) in [7, 11) is 0.499. The number of rotatable bonds is 9. The van der Waals surface area contributed by atoms with Crippen LogP contribution in [-0.4, -0.2) is 47.2 Å². The maximum atomic E-state index is 12.6. The van der Waals surface area contributed by atoms with E-state index >= 15 is 0 Å². The van der Waals surface area contributed by atoms with Gasteiger partial charge in [-0.05, 0) is 60.6 Å². The van der Waals surface area contributed by atoms with Crippen molar-refractivity contribution in [2.45, 2.75) is 11.3 Å². The number of nitrogens with one attached hydrogen (secondary N) is 3. The molecule has 0 aliphatic carbocycles. The molecule has 2 rings (SSSR count). The minimum absolute atomic E-state index is 0.0344. The smallest absolute Gasteiger partial charge is 0.267 e. The van der Waals surface area contributed by atoms with Crippen molar-refractivity contribution >= 4 is 50.9 Å². The van der Waals surface area contributed by atoms with Gasteiger partial charge in [-0.3, -0.25) is 9.52 Å². The van der Waals surface area contributed by atoms with Gasteiger partial charge in [0.1, 0.15) is 16.4 Å². The molecule has 8 nitrogen and oxygen atoms in total. The highest BCUT2D eigenvalue weighted by Gasteiger charge is 2.21. The Morgan fingerprint density at radius 3 is 2.47 bits per heavy atom. The van der Waals surface area contributed by atoms with Crippen molar-refractivity contribution in [1.82, 2.24) is 15.4 Å². The number of thiocarbonyl (C=S) groups is 1. The molecule has 2 aromatic rings. The molecule has 0 saturated carbocycles. The third kappa shape index (κ3) is 7.11. The zero-order valence-corrected chi connectivity index (χ0v) is 20.2. The molecule has 0 bridgehead atoms. The van der Waals surface area contributed by atoms with Gasteiger partial charge in [0.05, 0.1) is 14.2 Å². The Balaban J connectivity index is 2.04. The van der Waals surface area contributed by atoms with Crippen LogP contribution >= 0.6 is 23.8 Å². The van der Waals surface area contributed by atoms with Gasteiger partial charge in [-0.15, -0.1) is 0 Å². The van der Waals surface area contributed by atoms with Crippen LogP contribution in [0.4, 0.5) is 0 Å². The molecule has 0 unspecified atom stereocenters. The summed E-state index contributed by atoms with van der Waals surface area (Å²) in [5, 5.41) is 5.80. The molecule has 32 heavy (non-hydrogen) atoms. The average Bonchev–Trinajstić information content (AvgIpc) is 2.77. The number of carbonyl (C=O) groups excluding carboxylic acids is 1. The fourth-order valence-corrected chi connectivity index (χ4v) is 4.39. The summed E-state index contributed by atoms with van der Waals surface area (Å²) in [6.07, 6.45) is 3.39. The molecule has 0 saturated heterocycles. The predicted octanol–water partition coefficient (Wildman–Crippen LogP) is 2.51. The maximum absolute atomic E-state index is 12.6. The molecule has 0 heterocycles. The Morgan fingerprint density at radius 2 is 1.81 bits per heavy atom. The van der Waals surface area contributed by atoms with Crippen LogP contribution in [0.25, 0.3) is 6.08 Å². The van der Waals surface area contributed by atoms with Gasteiger partial charge in [0.25, 0.3) is 10.0 Å². The van der Waals surface area contributed by atoms with Gasteiger partial charge < -0.3 is 20.1 Å². The van der Waals surface area contributed by atoms with E-state index in [0.717, 1.165) is 0 Å². The molecule has 2 aromatic carbocycles. The second-order valence-electron chi connectivity index (χ2n) is 6.43. The number of carbonyl (C=O) groups is 1. The molecule has 172 valence electrons. The van der Waals surface area contributed by atoms with Crippen LogP contribution in [0.3, 0.4) is 0 Å². The van der Waals surface area contributed by atoms with Crippen molar-refractivity contribution in [1.29, 1.82) is 0 Å². The lowest BCUT2D eigenvalue weighted by Crippen LogP contribution is -2.37. The second-order valence-corrected chi connectivity index (χ2v) is 8.93. The number of amides is 1. The average molecular weight is 498 g/mol. The molecule has 3 N–H and O–H groups in total. The standard InChI is InChI=1S/C21H24ClN3O5S2/c1-23-21(31)25-32(27,28)19-12-14(4-7-18(19)30-3)10-11-24-20(26)9-5-15-13-16(22)6-8-17(15)29-2/h4-9,12-13H,10-11H2,1-3H3,(H,24,26)(H2,23,25,31). The first kappa shape index (κ1) is 25.4. The predicted molar refractivity (Wildman–Crippen MR) is 129 cm³/mol. The normalized spacial score (nSPS) is 11.1. The van der Waals surface area contributed by atoms with Crippen molar-refractivity contribution in [3.63, 3.8) is 0 Å². The minimum Gasteiger partial charge on any atom is -0.496 e. The molecule has 0 radical (unpaired) electrons. The zero-order chi connectivity index (χ0) is 23.7. The van der Waals surface area contributed by atoms with Gasteiger partial charge in [-0.1, -0.05) is 17.7 Å². The Labute approximate surface area is 198 Å². The van der Waals surface area contributed by atoms with E-state index in [0.29, 0.717) is 34.9 Å². The summed E-state index contributed by atoms with van der Waals surface area (Å²) in [6, 6.07) is 9.87. The first-order valence-electron chi connectivity index (χ1n) is 9.41. The van der Waals surface area contributed by atoms with E-state index in [4.69, 9.17) is 33.3 Å². The first-order valence-corrected chi connectivity index (χ1v) is 11.7. The van der Waals surface area contributed by atoms with Crippen molar-refractivity contribution in [3.8, 4) is 11.5 Å². The fraction of sp³-hybridized carbons (Fsp3) is 0.238. The lowest BCUT2D eigenvalue weighted by Gasteiger charge is -2.13. The Bertz CT molecular complexity index is 1120. The highest BCUT2D eigenvalue weighted by molar-refractivity contribution is 7.92. The monoisotopic (exact) mass is 497 g/mol. The number of hydrogen-bond donors (Lipinski definition) is 3. The Kier molecular flexibility index (Phi) is 9.30. The number of hydrogen-bond acceptors (Lipinski definition) is 6. The van der Waals surface area contributed by atoms with Crippen LogP contribution in [0.2, 0.25) is 5.02 Å². The number of benzene rings is 2. The number of methoxy groups -OCH3 is 2. The molecule has 0 aromatic heterocycles. The molecule has 0 aliphatic heterocycles. The molecule has 1 amide bonds. The quantitative estimate of drug-likeness (QED) is 0.361. The topological polar surface area (TPSA) is 106 Å². The maximum Gasteiger partial charge on any atom is 0.267 e. The lowest BCUT2D eigenvalue weighted by molar-refractivity contribution is -0.116. The van der Waals surface area contributed by atoms with Gasteiger partial charge in [0.2, 0.25) is 5.91 Å². The summed E-state index contributed by atoms with van der Waals surface area (Å²) < 4.78 is 37.9. The largest absolute Gasteiger partial charge is 0.496 e. The van der Waals surface area contributed by atoms with Gasteiger partial charge >= 0.3 is 0 Å². The highest BCUT2D eigenvalue weighted by Crippen LogP contribution is 2.25. The van der Waals surface area contributed by atoms with Crippen LogP contribution in [0.1, 0.15) is 11.1 Å². The van der Waals surface area contributed by atoms with E-state index in [-0.39, 0.29) is 21.7 Å². The molecule has 11 heteroatoms. The molecule has 0 spiro atoms. The van der Waals surface area contributed by atoms with E-state index in [1.165, 1.54) is 33.4 Å². The molecular formula is C21H24ClN3O5S2. The van der Waals surface area contributed by atoms with E-state index in [9.17, 15) is 13.2 Å². The first-order chi connectivity index (χ1) is 15.2. The van der Waals surface area contributed by atoms with Crippen molar-refractivity contribution < 1.29 is 22.7 Å². The van der Waals surface area contributed by atoms with Crippen LogP contribution in [0, 0.1) is 0 Å². The SMILES string of the molecule is CNC(=S)NS(=O)(=O)c1cc(CCNC(=O)C=Cc2cc(Cl)ccc2OC)ccc1OC. The van der Waals surface area contributed by atoms with Crippen LogP contribution < -0.4 is 24.8 Å². The third-order valence-corrected chi connectivity index (χ3v) is 6.33. The van der Waals surface area contributed by atoms with Gasteiger partial charge in [-0.25, -0.2) is 8.42 Å². The van der Waals surface area contributed by atoms with Crippen LogP contribution in [0.15, 0.2) is 47.4 Å². The van der Waals surface area contributed by atoms with Gasteiger partial charge in [0.15, 0.2) is 5.11 Å². The van der Waals surface area contributed by atoms with E-state index in [1.807, 2.05) is 0 Å². The molecule has 0 aliphatic rings. The van der Waals surface area contributed by atoms with E-state index in [1.54, 1.807) is 36.4 Å². The van der Waals surface area contributed by atoms with E-state index in [2.05, 4.69) is 15.4 Å². The van der Waals surface area contributed by atoms with Gasteiger partial charge in [-0.2, -0.15) is 0 Å².